The van der Waals surface area contributed by atoms with Gasteiger partial charge in [-0.1, -0.05) is 30.1 Å². The van der Waals surface area contributed by atoms with Gasteiger partial charge in [0, 0.05) is 13.7 Å². The smallest absolute Gasteiger partial charge is 0.127 e. The summed E-state index contributed by atoms with van der Waals surface area (Å²) >= 11 is 18.4. The molecule has 0 saturated heterocycles. The first kappa shape index (κ1) is 15.9. The molecule has 2 atom stereocenters. The van der Waals surface area contributed by atoms with Crippen molar-refractivity contribution in [1.29, 1.82) is 0 Å². The number of aromatic nitrogens is 2. The number of hydrogen-bond donors (Lipinski definition) is 0. The summed E-state index contributed by atoms with van der Waals surface area (Å²) < 4.78 is 7.29. The molecule has 2 aromatic rings. The first-order valence-corrected chi connectivity index (χ1v) is 7.61. The molecule has 0 spiro atoms. The minimum absolute atomic E-state index is 0.185. The standard InChI is InChI=1S/C14H17Cl3N2O/c1-8(7-20-3)6-19-13-5-11(17)10(16)4-12(13)18-14(19)9(2)15/h4-5,8-9H,6-7H2,1-3H3. The Bertz CT molecular complexity index is 610. The first-order valence-electron chi connectivity index (χ1n) is 6.42. The Kier molecular flexibility index (Phi) is 5.19. The van der Waals surface area contributed by atoms with Gasteiger partial charge in [-0.2, -0.15) is 0 Å². The van der Waals surface area contributed by atoms with Crippen LogP contribution < -0.4 is 0 Å². The van der Waals surface area contributed by atoms with Gasteiger partial charge in [0.2, 0.25) is 0 Å². The predicted octanol–water partition coefficient (Wildman–Crippen LogP) is 4.93. The Balaban J connectivity index is 2.53. The van der Waals surface area contributed by atoms with Crippen LogP contribution in [0.15, 0.2) is 12.1 Å². The molecule has 0 aliphatic heterocycles. The van der Waals surface area contributed by atoms with Crippen LogP contribution in [0.1, 0.15) is 25.0 Å². The van der Waals surface area contributed by atoms with Gasteiger partial charge < -0.3 is 9.30 Å². The van der Waals surface area contributed by atoms with Crippen LogP contribution in [0.4, 0.5) is 0 Å². The van der Waals surface area contributed by atoms with Crippen LogP contribution in [0.3, 0.4) is 0 Å². The lowest BCUT2D eigenvalue weighted by Crippen LogP contribution is -2.15. The van der Waals surface area contributed by atoms with E-state index in [-0.39, 0.29) is 5.38 Å². The molecule has 0 aliphatic rings. The Morgan fingerprint density at radius 3 is 2.50 bits per heavy atom. The lowest BCUT2D eigenvalue weighted by Gasteiger charge is -2.15. The second kappa shape index (κ2) is 6.52. The highest BCUT2D eigenvalue weighted by atomic mass is 35.5. The van der Waals surface area contributed by atoms with E-state index in [0.717, 1.165) is 23.4 Å². The maximum Gasteiger partial charge on any atom is 0.127 e. The van der Waals surface area contributed by atoms with Crippen LogP contribution in [0.5, 0.6) is 0 Å². The number of halogens is 3. The zero-order valence-electron chi connectivity index (χ0n) is 11.7. The van der Waals surface area contributed by atoms with Crippen LogP contribution >= 0.6 is 34.8 Å². The minimum atomic E-state index is -0.185. The molecule has 0 amide bonds. The Labute approximate surface area is 133 Å². The third-order valence-electron chi connectivity index (χ3n) is 3.12. The highest BCUT2D eigenvalue weighted by Gasteiger charge is 2.18. The highest BCUT2D eigenvalue weighted by Crippen LogP contribution is 2.31. The number of imidazole rings is 1. The molecule has 3 nitrogen and oxygen atoms in total. The van der Waals surface area contributed by atoms with Gasteiger partial charge in [-0.05, 0) is 25.0 Å². The molecular weight excluding hydrogens is 319 g/mol. The molecule has 0 aliphatic carbocycles. The van der Waals surface area contributed by atoms with E-state index >= 15 is 0 Å². The van der Waals surface area contributed by atoms with Crippen LogP contribution in [0.2, 0.25) is 10.0 Å². The van der Waals surface area contributed by atoms with Crippen molar-refractivity contribution in [2.45, 2.75) is 25.8 Å². The summed E-state index contributed by atoms with van der Waals surface area (Å²) in [6.45, 7) is 5.48. The van der Waals surface area contributed by atoms with Gasteiger partial charge in [-0.25, -0.2) is 4.98 Å². The monoisotopic (exact) mass is 334 g/mol. The largest absolute Gasteiger partial charge is 0.384 e. The molecular formula is C14H17Cl3N2O. The molecule has 1 aromatic carbocycles. The van der Waals surface area contributed by atoms with Gasteiger partial charge in [0.1, 0.15) is 5.82 Å². The van der Waals surface area contributed by atoms with Crippen molar-refractivity contribution in [1.82, 2.24) is 9.55 Å². The average Bonchev–Trinajstić information content (AvgIpc) is 2.69. The number of methoxy groups -OCH3 is 1. The van der Waals surface area contributed by atoms with Crippen molar-refractivity contribution in [3.8, 4) is 0 Å². The number of rotatable bonds is 5. The molecule has 2 unspecified atom stereocenters. The van der Waals surface area contributed by atoms with Crippen LogP contribution in [0, 0.1) is 5.92 Å². The summed E-state index contributed by atoms with van der Waals surface area (Å²) in [5.74, 6) is 1.17. The second-order valence-electron chi connectivity index (χ2n) is 5.01. The number of nitrogens with zero attached hydrogens (tertiary/aromatic N) is 2. The fourth-order valence-electron chi connectivity index (χ4n) is 2.28. The molecule has 0 saturated carbocycles. The van der Waals surface area contributed by atoms with Crippen molar-refractivity contribution in [2.24, 2.45) is 5.92 Å². The van der Waals surface area contributed by atoms with Crippen molar-refractivity contribution in [2.75, 3.05) is 13.7 Å². The zero-order chi connectivity index (χ0) is 14.9. The molecule has 110 valence electrons. The zero-order valence-corrected chi connectivity index (χ0v) is 13.9. The maximum atomic E-state index is 6.24. The lowest BCUT2D eigenvalue weighted by molar-refractivity contribution is 0.151. The molecule has 6 heteroatoms. The van der Waals surface area contributed by atoms with Gasteiger partial charge in [-0.3, -0.25) is 0 Å². The molecule has 2 rings (SSSR count). The van der Waals surface area contributed by atoms with E-state index in [0.29, 0.717) is 22.6 Å². The summed E-state index contributed by atoms with van der Waals surface area (Å²) in [5, 5.41) is 0.839. The fourth-order valence-corrected chi connectivity index (χ4v) is 2.77. The Hall–Kier alpha value is -0.480. The summed E-state index contributed by atoms with van der Waals surface area (Å²) in [4.78, 5) is 4.57. The third-order valence-corrected chi connectivity index (χ3v) is 4.04. The quantitative estimate of drug-likeness (QED) is 0.725. The number of hydrogen-bond acceptors (Lipinski definition) is 2. The normalized spacial score (nSPS) is 14.7. The van der Waals surface area contributed by atoms with E-state index in [2.05, 4.69) is 16.5 Å². The van der Waals surface area contributed by atoms with E-state index in [1.807, 2.05) is 13.0 Å². The van der Waals surface area contributed by atoms with E-state index in [1.54, 1.807) is 13.2 Å². The van der Waals surface area contributed by atoms with E-state index in [1.165, 1.54) is 0 Å². The average molecular weight is 336 g/mol. The summed E-state index contributed by atoms with van der Waals surface area (Å²) in [5.41, 5.74) is 1.76. The third kappa shape index (κ3) is 3.22. The summed E-state index contributed by atoms with van der Waals surface area (Å²) in [7, 11) is 1.70. The molecule has 20 heavy (non-hydrogen) atoms. The number of ether oxygens (including phenoxy) is 1. The molecule has 0 N–H and O–H groups in total. The summed E-state index contributed by atoms with van der Waals surface area (Å²) in [6.07, 6.45) is 0. The Morgan fingerprint density at radius 1 is 1.25 bits per heavy atom. The second-order valence-corrected chi connectivity index (χ2v) is 6.48. The van der Waals surface area contributed by atoms with E-state index in [4.69, 9.17) is 39.5 Å². The fraction of sp³-hybridized carbons (Fsp3) is 0.500. The maximum absolute atomic E-state index is 6.24. The minimum Gasteiger partial charge on any atom is -0.384 e. The predicted molar refractivity (Wildman–Crippen MR) is 85.1 cm³/mol. The van der Waals surface area contributed by atoms with Crippen molar-refractivity contribution in [3.63, 3.8) is 0 Å². The molecule has 1 aromatic heterocycles. The molecule has 0 radical (unpaired) electrons. The number of benzene rings is 1. The molecule has 0 fully saturated rings. The first-order chi connectivity index (χ1) is 9.43. The topological polar surface area (TPSA) is 27.1 Å². The van der Waals surface area contributed by atoms with Crippen molar-refractivity contribution >= 4 is 45.8 Å². The van der Waals surface area contributed by atoms with Crippen molar-refractivity contribution in [3.05, 3.63) is 28.0 Å². The van der Waals surface area contributed by atoms with Gasteiger partial charge in [-0.15, -0.1) is 11.6 Å². The van der Waals surface area contributed by atoms with Gasteiger partial charge in [0.15, 0.2) is 0 Å². The van der Waals surface area contributed by atoms with Crippen molar-refractivity contribution < 1.29 is 4.74 Å². The SMILES string of the molecule is COCC(C)Cn1c(C(C)Cl)nc2cc(Cl)c(Cl)cc21. The molecule has 1 heterocycles. The van der Waals surface area contributed by atoms with E-state index < -0.39 is 0 Å². The number of fused-ring (bicyclic) bond motifs is 1. The summed E-state index contributed by atoms with van der Waals surface area (Å²) in [6, 6.07) is 3.62. The highest BCUT2D eigenvalue weighted by molar-refractivity contribution is 6.42. The van der Waals surface area contributed by atoms with Gasteiger partial charge in [0.05, 0.1) is 33.1 Å². The lowest BCUT2D eigenvalue weighted by atomic mass is 10.2. The number of alkyl halides is 1. The van der Waals surface area contributed by atoms with Gasteiger partial charge in [0.25, 0.3) is 0 Å². The molecule has 0 bridgehead atoms. The van der Waals surface area contributed by atoms with E-state index in [9.17, 15) is 0 Å². The van der Waals surface area contributed by atoms with Crippen LogP contribution in [-0.4, -0.2) is 23.3 Å². The Morgan fingerprint density at radius 2 is 1.90 bits per heavy atom. The van der Waals surface area contributed by atoms with Gasteiger partial charge >= 0.3 is 0 Å². The van der Waals surface area contributed by atoms with Crippen LogP contribution in [0.25, 0.3) is 11.0 Å². The van der Waals surface area contributed by atoms with Crippen LogP contribution in [-0.2, 0) is 11.3 Å².